The largest absolute Gasteiger partial charge is 0.416 e. The third-order valence-electron chi connectivity index (χ3n) is 2.42. The van der Waals surface area contributed by atoms with Crippen LogP contribution in [-0.4, -0.2) is 26.9 Å². The van der Waals surface area contributed by atoms with Crippen molar-refractivity contribution in [1.29, 1.82) is 0 Å². The molecule has 1 atom stereocenters. The van der Waals surface area contributed by atoms with E-state index >= 15 is 0 Å². The fourth-order valence-electron chi connectivity index (χ4n) is 1.56. The van der Waals surface area contributed by atoms with Crippen LogP contribution in [0.2, 0.25) is 0 Å². The number of aliphatic hydroxyl groups excluding tert-OH is 1. The van der Waals surface area contributed by atoms with E-state index in [1.165, 1.54) is 0 Å². The molecular weight excluding hydrogens is 235 g/mol. The number of halogens is 3. The number of aromatic nitrogens is 2. The highest BCUT2D eigenvalue weighted by atomic mass is 19.4. The molecule has 1 aromatic heterocycles. The number of imidazole rings is 1. The number of rotatable bonds is 2. The van der Waals surface area contributed by atoms with Crippen LogP contribution in [0.15, 0.2) is 24.3 Å². The first kappa shape index (κ1) is 11.7. The number of para-hydroxylation sites is 2. The summed E-state index contributed by atoms with van der Waals surface area (Å²) in [5.41, 5.74) is 6.48. The Bertz CT molecular complexity index is 535. The number of nitrogens with zero attached hydrogens (tertiary/aromatic N) is 2. The van der Waals surface area contributed by atoms with E-state index in [1.54, 1.807) is 24.3 Å². The van der Waals surface area contributed by atoms with E-state index in [1.807, 2.05) is 0 Å². The second-order valence-corrected chi connectivity index (χ2v) is 3.63. The lowest BCUT2D eigenvalue weighted by molar-refractivity contribution is -0.207. The van der Waals surface area contributed by atoms with E-state index in [2.05, 4.69) is 4.98 Å². The molecule has 0 fully saturated rings. The molecule has 2 rings (SSSR count). The summed E-state index contributed by atoms with van der Waals surface area (Å²) in [6.45, 7) is -0.657. The van der Waals surface area contributed by atoms with Crippen LogP contribution < -0.4 is 5.73 Å². The van der Waals surface area contributed by atoms with Gasteiger partial charge in [0.2, 0.25) is 5.95 Å². The zero-order chi connectivity index (χ0) is 12.6. The van der Waals surface area contributed by atoms with Gasteiger partial charge in [-0.15, -0.1) is 0 Å². The fourth-order valence-corrected chi connectivity index (χ4v) is 1.56. The molecule has 2 aromatic rings. The van der Waals surface area contributed by atoms with E-state index in [0.717, 1.165) is 4.57 Å². The van der Waals surface area contributed by atoms with E-state index in [0.29, 0.717) is 11.0 Å². The Morgan fingerprint density at radius 2 is 2.00 bits per heavy atom. The van der Waals surface area contributed by atoms with Crippen molar-refractivity contribution in [1.82, 2.24) is 9.55 Å². The minimum atomic E-state index is -4.67. The molecule has 1 aromatic carbocycles. The lowest BCUT2D eigenvalue weighted by atomic mass is 10.3. The second kappa shape index (κ2) is 3.92. The number of nitrogen functional groups attached to an aromatic ring is 1. The number of alkyl halides is 3. The number of nitrogens with two attached hydrogens (primary N) is 1. The van der Waals surface area contributed by atoms with Gasteiger partial charge in [-0.25, -0.2) is 4.98 Å². The highest BCUT2D eigenvalue weighted by Crippen LogP contribution is 2.24. The van der Waals surface area contributed by atoms with Gasteiger partial charge in [-0.2, -0.15) is 13.2 Å². The molecule has 17 heavy (non-hydrogen) atoms. The van der Waals surface area contributed by atoms with Crippen molar-refractivity contribution in [2.45, 2.75) is 18.8 Å². The van der Waals surface area contributed by atoms with Crippen LogP contribution >= 0.6 is 0 Å². The predicted molar refractivity (Wildman–Crippen MR) is 56.2 cm³/mol. The maximum absolute atomic E-state index is 12.2. The van der Waals surface area contributed by atoms with Gasteiger partial charge < -0.3 is 15.4 Å². The Hall–Kier alpha value is -1.76. The molecule has 3 N–H and O–H groups in total. The van der Waals surface area contributed by atoms with E-state index < -0.39 is 18.8 Å². The van der Waals surface area contributed by atoms with Crippen LogP contribution in [0.3, 0.4) is 0 Å². The van der Waals surface area contributed by atoms with Gasteiger partial charge >= 0.3 is 6.18 Å². The maximum Gasteiger partial charge on any atom is 0.416 e. The highest BCUT2D eigenvalue weighted by Gasteiger charge is 2.38. The summed E-state index contributed by atoms with van der Waals surface area (Å²) in [6, 6.07) is 6.61. The minimum absolute atomic E-state index is 0.0468. The monoisotopic (exact) mass is 245 g/mol. The van der Waals surface area contributed by atoms with Gasteiger partial charge in [0, 0.05) is 0 Å². The molecule has 1 heterocycles. The van der Waals surface area contributed by atoms with Crippen LogP contribution in [0.1, 0.15) is 0 Å². The van der Waals surface area contributed by atoms with Crippen LogP contribution in [-0.2, 0) is 6.54 Å². The molecule has 0 aliphatic carbocycles. The Morgan fingerprint density at radius 3 is 2.65 bits per heavy atom. The molecule has 1 unspecified atom stereocenters. The molecule has 0 radical (unpaired) electrons. The van der Waals surface area contributed by atoms with Crippen molar-refractivity contribution in [3.63, 3.8) is 0 Å². The first-order valence-corrected chi connectivity index (χ1v) is 4.85. The lowest BCUT2D eigenvalue weighted by Crippen LogP contribution is -2.33. The summed E-state index contributed by atoms with van der Waals surface area (Å²) >= 11 is 0. The van der Waals surface area contributed by atoms with E-state index in [9.17, 15) is 13.2 Å². The summed E-state index contributed by atoms with van der Waals surface area (Å²) in [4.78, 5) is 3.91. The van der Waals surface area contributed by atoms with Crippen molar-refractivity contribution in [2.24, 2.45) is 0 Å². The molecule has 4 nitrogen and oxygen atoms in total. The van der Waals surface area contributed by atoms with Crippen molar-refractivity contribution < 1.29 is 18.3 Å². The van der Waals surface area contributed by atoms with Crippen LogP contribution in [0, 0.1) is 0 Å². The van der Waals surface area contributed by atoms with E-state index in [4.69, 9.17) is 10.8 Å². The summed E-state index contributed by atoms with van der Waals surface area (Å²) in [5.74, 6) is -0.0468. The number of hydrogen-bond acceptors (Lipinski definition) is 3. The maximum atomic E-state index is 12.2. The molecule has 0 spiro atoms. The third kappa shape index (κ3) is 2.19. The van der Waals surface area contributed by atoms with Gasteiger partial charge in [0.05, 0.1) is 17.6 Å². The van der Waals surface area contributed by atoms with Crippen molar-refractivity contribution in [3.05, 3.63) is 24.3 Å². The number of anilines is 1. The molecule has 0 aliphatic rings. The zero-order valence-electron chi connectivity index (χ0n) is 8.65. The normalized spacial score (nSPS) is 14.1. The average Bonchev–Trinajstić information content (AvgIpc) is 2.54. The molecule has 0 amide bonds. The van der Waals surface area contributed by atoms with Crippen LogP contribution in [0.25, 0.3) is 11.0 Å². The second-order valence-electron chi connectivity index (χ2n) is 3.63. The molecule has 7 heteroatoms. The number of benzene rings is 1. The average molecular weight is 245 g/mol. The number of aliphatic hydroxyl groups is 1. The molecule has 0 saturated carbocycles. The molecule has 0 bridgehead atoms. The Kier molecular flexibility index (Phi) is 2.70. The fraction of sp³-hybridized carbons (Fsp3) is 0.300. The zero-order valence-corrected chi connectivity index (χ0v) is 8.65. The summed E-state index contributed by atoms with van der Waals surface area (Å²) in [7, 11) is 0. The quantitative estimate of drug-likeness (QED) is 0.843. The summed E-state index contributed by atoms with van der Waals surface area (Å²) in [5, 5.41) is 9.01. The van der Waals surface area contributed by atoms with Gasteiger partial charge in [-0.05, 0) is 12.1 Å². The van der Waals surface area contributed by atoms with Gasteiger partial charge in [0.25, 0.3) is 0 Å². The van der Waals surface area contributed by atoms with Crippen molar-refractivity contribution in [2.75, 3.05) is 5.73 Å². The van der Waals surface area contributed by atoms with Crippen molar-refractivity contribution >= 4 is 17.0 Å². The minimum Gasteiger partial charge on any atom is -0.382 e. The molecule has 0 saturated heterocycles. The lowest BCUT2D eigenvalue weighted by Gasteiger charge is -2.16. The number of hydrogen-bond donors (Lipinski definition) is 2. The highest BCUT2D eigenvalue weighted by molar-refractivity contribution is 5.78. The Balaban J connectivity index is 2.39. The van der Waals surface area contributed by atoms with Crippen LogP contribution in [0.4, 0.5) is 19.1 Å². The van der Waals surface area contributed by atoms with Gasteiger partial charge in [-0.1, -0.05) is 12.1 Å². The van der Waals surface area contributed by atoms with Gasteiger partial charge in [-0.3, -0.25) is 0 Å². The first-order valence-electron chi connectivity index (χ1n) is 4.85. The smallest absolute Gasteiger partial charge is 0.382 e. The molecule has 92 valence electrons. The van der Waals surface area contributed by atoms with Gasteiger partial charge in [0.1, 0.15) is 0 Å². The molecule has 0 aliphatic heterocycles. The summed E-state index contributed by atoms with van der Waals surface area (Å²) < 4.78 is 37.9. The van der Waals surface area contributed by atoms with Gasteiger partial charge in [0.15, 0.2) is 6.10 Å². The van der Waals surface area contributed by atoms with E-state index in [-0.39, 0.29) is 5.95 Å². The predicted octanol–water partition coefficient (Wildman–Crippen LogP) is 1.54. The Morgan fingerprint density at radius 1 is 1.35 bits per heavy atom. The SMILES string of the molecule is Nc1nc2ccccc2n1CC(O)C(F)(F)F. The van der Waals surface area contributed by atoms with Crippen molar-refractivity contribution in [3.8, 4) is 0 Å². The molecular formula is C10H10F3N3O. The standard InChI is InChI=1S/C10H10F3N3O/c11-10(12,13)8(17)5-16-7-4-2-1-3-6(7)15-9(16)14/h1-4,8,17H,5H2,(H2,14,15). The topological polar surface area (TPSA) is 64.1 Å². The first-order chi connectivity index (χ1) is 7.89. The number of fused-ring (bicyclic) bond motifs is 1. The third-order valence-corrected chi connectivity index (χ3v) is 2.42. The Labute approximate surface area is 94.5 Å². The summed E-state index contributed by atoms with van der Waals surface area (Å²) in [6.07, 6.45) is -7.12. The van der Waals surface area contributed by atoms with Crippen LogP contribution in [0.5, 0.6) is 0 Å².